The molecular weight excluding hydrogens is 256 g/mol. The molecule has 0 aromatic heterocycles. The zero-order chi connectivity index (χ0) is 13.3. The number of carbonyl (C=O) groups is 1. The molecule has 0 radical (unpaired) electrons. The number of esters is 1. The van der Waals surface area contributed by atoms with Gasteiger partial charge in [0.05, 0.1) is 13.5 Å². The van der Waals surface area contributed by atoms with E-state index in [-0.39, 0.29) is 11.4 Å². The van der Waals surface area contributed by atoms with Crippen LogP contribution in [0.3, 0.4) is 0 Å². The lowest BCUT2D eigenvalue weighted by molar-refractivity contribution is -0.141. The summed E-state index contributed by atoms with van der Waals surface area (Å²) in [6.07, 6.45) is 4.22. The van der Waals surface area contributed by atoms with Gasteiger partial charge in [-0.25, -0.2) is 0 Å². The Morgan fingerprint density at radius 2 is 2.21 bits per heavy atom. The highest BCUT2D eigenvalue weighted by Crippen LogP contribution is 2.52. The van der Waals surface area contributed by atoms with E-state index < -0.39 is 0 Å². The van der Waals surface area contributed by atoms with E-state index in [9.17, 15) is 4.79 Å². The standard InChI is InChI=1S/C16H20O2S/c1-18-15(17)9-16(6-7-16)11-19-10-13-8-12-4-2-3-5-14(12)13/h2-5,13H,6-11H2,1H3. The van der Waals surface area contributed by atoms with Gasteiger partial charge < -0.3 is 4.74 Å². The molecule has 1 aromatic rings. The van der Waals surface area contributed by atoms with Gasteiger partial charge >= 0.3 is 5.97 Å². The minimum absolute atomic E-state index is 0.0490. The number of hydrogen-bond acceptors (Lipinski definition) is 3. The summed E-state index contributed by atoms with van der Waals surface area (Å²) < 4.78 is 4.78. The lowest BCUT2D eigenvalue weighted by Gasteiger charge is -2.30. The van der Waals surface area contributed by atoms with Gasteiger partial charge in [0.15, 0.2) is 0 Å². The van der Waals surface area contributed by atoms with E-state index in [1.807, 2.05) is 11.8 Å². The maximum absolute atomic E-state index is 11.4. The van der Waals surface area contributed by atoms with Crippen molar-refractivity contribution in [3.05, 3.63) is 35.4 Å². The van der Waals surface area contributed by atoms with E-state index in [0.29, 0.717) is 6.42 Å². The smallest absolute Gasteiger partial charge is 0.306 e. The quantitative estimate of drug-likeness (QED) is 0.745. The normalized spacial score (nSPS) is 22.3. The van der Waals surface area contributed by atoms with Crippen molar-refractivity contribution in [3.8, 4) is 0 Å². The number of benzene rings is 1. The number of methoxy groups -OCH3 is 1. The summed E-state index contributed by atoms with van der Waals surface area (Å²) in [5.74, 6) is 2.99. The number of ether oxygens (including phenoxy) is 1. The van der Waals surface area contributed by atoms with Crippen LogP contribution in [-0.2, 0) is 16.0 Å². The van der Waals surface area contributed by atoms with Crippen LogP contribution in [0.1, 0.15) is 36.3 Å². The summed E-state index contributed by atoms with van der Waals surface area (Å²) in [5, 5.41) is 0. The van der Waals surface area contributed by atoms with Crippen molar-refractivity contribution in [1.29, 1.82) is 0 Å². The van der Waals surface area contributed by atoms with Gasteiger partial charge in [0, 0.05) is 5.75 Å². The first-order valence-electron chi connectivity index (χ1n) is 6.95. The van der Waals surface area contributed by atoms with Crippen LogP contribution in [0.25, 0.3) is 0 Å². The van der Waals surface area contributed by atoms with E-state index in [4.69, 9.17) is 4.74 Å². The second kappa shape index (κ2) is 5.20. The molecule has 1 unspecified atom stereocenters. The summed E-state index contributed by atoms with van der Waals surface area (Å²) in [4.78, 5) is 11.4. The molecular formula is C16H20O2S. The molecule has 2 aliphatic rings. The van der Waals surface area contributed by atoms with Gasteiger partial charge in [0.2, 0.25) is 0 Å². The molecule has 2 aliphatic carbocycles. The highest BCUT2D eigenvalue weighted by Gasteiger charge is 2.44. The SMILES string of the molecule is COC(=O)CC1(CSCC2Cc3ccccc32)CC1. The number of rotatable bonds is 6. The topological polar surface area (TPSA) is 26.3 Å². The molecule has 102 valence electrons. The number of hydrogen-bond donors (Lipinski definition) is 0. The van der Waals surface area contributed by atoms with E-state index in [2.05, 4.69) is 24.3 Å². The third-order valence-corrected chi connectivity index (χ3v) is 5.85. The first-order chi connectivity index (χ1) is 9.22. The van der Waals surface area contributed by atoms with Crippen LogP contribution in [0.2, 0.25) is 0 Å². The fraction of sp³-hybridized carbons (Fsp3) is 0.562. The van der Waals surface area contributed by atoms with Crippen molar-refractivity contribution < 1.29 is 9.53 Å². The lowest BCUT2D eigenvalue weighted by Crippen LogP contribution is -2.20. The number of carbonyl (C=O) groups excluding carboxylic acids is 1. The largest absolute Gasteiger partial charge is 0.469 e. The van der Waals surface area contributed by atoms with Gasteiger partial charge in [-0.1, -0.05) is 24.3 Å². The molecule has 0 heterocycles. The zero-order valence-electron chi connectivity index (χ0n) is 11.4. The Labute approximate surface area is 118 Å². The molecule has 0 saturated heterocycles. The molecule has 0 aliphatic heterocycles. The second-order valence-corrected chi connectivity index (χ2v) is 6.90. The number of fused-ring (bicyclic) bond motifs is 1. The van der Waals surface area contributed by atoms with Gasteiger partial charge in [-0.15, -0.1) is 0 Å². The highest BCUT2D eigenvalue weighted by molar-refractivity contribution is 7.99. The van der Waals surface area contributed by atoms with Crippen LogP contribution >= 0.6 is 11.8 Å². The molecule has 3 heteroatoms. The van der Waals surface area contributed by atoms with Crippen molar-refractivity contribution in [2.24, 2.45) is 5.41 Å². The first-order valence-corrected chi connectivity index (χ1v) is 8.10. The maximum Gasteiger partial charge on any atom is 0.306 e. The Hall–Kier alpha value is -0.960. The minimum Gasteiger partial charge on any atom is -0.469 e. The predicted octanol–water partition coefficient (Wildman–Crippen LogP) is 3.40. The average molecular weight is 276 g/mol. The summed E-state index contributed by atoms with van der Waals surface area (Å²) in [5.41, 5.74) is 3.32. The minimum atomic E-state index is -0.0490. The van der Waals surface area contributed by atoms with E-state index in [1.54, 1.807) is 0 Å². The molecule has 3 rings (SSSR count). The van der Waals surface area contributed by atoms with Gasteiger partial charge in [-0.3, -0.25) is 4.79 Å². The summed E-state index contributed by atoms with van der Waals surface area (Å²) in [6.45, 7) is 0. The predicted molar refractivity (Wildman–Crippen MR) is 78.5 cm³/mol. The first kappa shape index (κ1) is 13.0. The molecule has 1 atom stereocenters. The van der Waals surface area contributed by atoms with Crippen molar-refractivity contribution in [2.75, 3.05) is 18.6 Å². The average Bonchev–Trinajstić information content (AvgIpc) is 3.15. The Morgan fingerprint density at radius 1 is 1.42 bits per heavy atom. The molecule has 2 nitrogen and oxygen atoms in total. The second-order valence-electron chi connectivity index (χ2n) is 5.87. The van der Waals surface area contributed by atoms with Crippen LogP contribution in [0.15, 0.2) is 24.3 Å². The van der Waals surface area contributed by atoms with Crippen molar-refractivity contribution >= 4 is 17.7 Å². The van der Waals surface area contributed by atoms with Crippen LogP contribution in [0.4, 0.5) is 0 Å². The number of thioether (sulfide) groups is 1. The van der Waals surface area contributed by atoms with Gasteiger partial charge in [0.25, 0.3) is 0 Å². The van der Waals surface area contributed by atoms with Crippen LogP contribution in [0.5, 0.6) is 0 Å². The summed E-state index contributed by atoms with van der Waals surface area (Å²) in [6, 6.07) is 8.74. The van der Waals surface area contributed by atoms with Crippen molar-refractivity contribution in [1.82, 2.24) is 0 Å². The van der Waals surface area contributed by atoms with Crippen LogP contribution in [-0.4, -0.2) is 24.6 Å². The fourth-order valence-electron chi connectivity index (χ4n) is 2.86. The summed E-state index contributed by atoms with van der Waals surface area (Å²) in [7, 11) is 1.48. The van der Waals surface area contributed by atoms with E-state index in [0.717, 1.165) is 11.7 Å². The van der Waals surface area contributed by atoms with Gasteiger partial charge in [0.1, 0.15) is 0 Å². The third kappa shape index (κ3) is 2.81. The molecule has 1 aromatic carbocycles. The van der Waals surface area contributed by atoms with E-state index >= 15 is 0 Å². The molecule has 0 spiro atoms. The molecule has 0 amide bonds. The maximum atomic E-state index is 11.4. The molecule has 0 N–H and O–H groups in total. The summed E-state index contributed by atoms with van der Waals surface area (Å²) >= 11 is 2.01. The Kier molecular flexibility index (Phi) is 3.57. The Bertz CT molecular complexity index is 479. The molecule has 0 bridgehead atoms. The van der Waals surface area contributed by atoms with Gasteiger partial charge in [-0.05, 0) is 47.5 Å². The molecule has 19 heavy (non-hydrogen) atoms. The van der Waals surface area contributed by atoms with Gasteiger partial charge in [-0.2, -0.15) is 11.8 Å². The zero-order valence-corrected chi connectivity index (χ0v) is 12.2. The molecule has 1 fully saturated rings. The lowest BCUT2D eigenvalue weighted by atomic mass is 9.79. The highest BCUT2D eigenvalue weighted by atomic mass is 32.2. The monoisotopic (exact) mass is 276 g/mol. The van der Waals surface area contributed by atoms with Crippen molar-refractivity contribution in [2.45, 2.75) is 31.6 Å². The Balaban J connectivity index is 1.44. The van der Waals surface area contributed by atoms with Crippen LogP contribution < -0.4 is 0 Å². The fourth-order valence-corrected chi connectivity index (χ4v) is 4.38. The molecule has 1 saturated carbocycles. The Morgan fingerprint density at radius 3 is 2.89 bits per heavy atom. The van der Waals surface area contributed by atoms with Crippen molar-refractivity contribution in [3.63, 3.8) is 0 Å². The third-order valence-electron chi connectivity index (χ3n) is 4.39. The van der Waals surface area contributed by atoms with Crippen LogP contribution in [0, 0.1) is 5.41 Å². The van der Waals surface area contributed by atoms with E-state index in [1.165, 1.54) is 43.3 Å².